The molecule has 0 saturated heterocycles. The maximum atomic E-state index is 12.1. The van der Waals surface area contributed by atoms with Crippen molar-refractivity contribution in [3.63, 3.8) is 0 Å². The minimum absolute atomic E-state index is 0.169. The first-order valence-electron chi connectivity index (χ1n) is 9.39. The number of rotatable bonds is 9. The van der Waals surface area contributed by atoms with Crippen molar-refractivity contribution in [2.24, 2.45) is 7.05 Å². The molecule has 0 radical (unpaired) electrons. The van der Waals surface area contributed by atoms with E-state index in [-0.39, 0.29) is 25.0 Å². The summed E-state index contributed by atoms with van der Waals surface area (Å²) in [6.45, 7) is 0.131. The van der Waals surface area contributed by atoms with E-state index in [0.717, 1.165) is 23.2 Å². The number of ether oxygens (including phenoxy) is 1. The molecule has 1 heterocycles. The SMILES string of the molecule is Cn1c(-c2ccccc2)cnc1NC(=O)COCC(=O)NCCc1ccccc1. The average Bonchev–Trinajstić information content (AvgIpc) is 3.09. The summed E-state index contributed by atoms with van der Waals surface area (Å²) in [4.78, 5) is 28.1. The van der Waals surface area contributed by atoms with Gasteiger partial charge in [-0.2, -0.15) is 0 Å². The van der Waals surface area contributed by atoms with Crippen LogP contribution in [-0.2, 0) is 27.8 Å². The number of amides is 2. The highest BCUT2D eigenvalue weighted by Crippen LogP contribution is 2.21. The first-order chi connectivity index (χ1) is 14.1. The fourth-order valence-corrected chi connectivity index (χ4v) is 2.84. The summed E-state index contributed by atoms with van der Waals surface area (Å²) in [5.74, 6) is -0.197. The highest BCUT2D eigenvalue weighted by molar-refractivity contribution is 5.90. The molecule has 2 amide bonds. The standard InChI is InChI=1S/C22H24N4O3/c1-26-19(18-10-6-3-7-11-18)14-24-22(26)25-21(28)16-29-15-20(27)23-13-12-17-8-4-2-5-9-17/h2-11,14H,12-13,15-16H2,1H3,(H,23,27)(H,24,25,28). The maximum absolute atomic E-state index is 12.1. The number of hydrogen-bond acceptors (Lipinski definition) is 4. The predicted octanol–water partition coefficient (Wildman–Crippen LogP) is 2.40. The average molecular weight is 392 g/mol. The summed E-state index contributed by atoms with van der Waals surface area (Å²) in [7, 11) is 1.83. The van der Waals surface area contributed by atoms with Crippen molar-refractivity contribution in [3.05, 3.63) is 72.4 Å². The van der Waals surface area contributed by atoms with Crippen molar-refractivity contribution in [1.29, 1.82) is 0 Å². The van der Waals surface area contributed by atoms with Gasteiger partial charge in [-0.25, -0.2) is 4.98 Å². The van der Waals surface area contributed by atoms with E-state index in [9.17, 15) is 9.59 Å². The van der Waals surface area contributed by atoms with Crippen molar-refractivity contribution in [2.45, 2.75) is 6.42 Å². The van der Waals surface area contributed by atoms with Crippen molar-refractivity contribution in [2.75, 3.05) is 25.1 Å². The van der Waals surface area contributed by atoms with E-state index in [2.05, 4.69) is 15.6 Å². The third kappa shape index (κ3) is 6.02. The predicted molar refractivity (Wildman–Crippen MR) is 111 cm³/mol. The number of carbonyl (C=O) groups is 2. The Kier molecular flexibility index (Phi) is 7.13. The number of nitrogens with zero attached hydrogens (tertiary/aromatic N) is 2. The fourth-order valence-electron chi connectivity index (χ4n) is 2.84. The lowest BCUT2D eigenvalue weighted by Crippen LogP contribution is -2.31. The van der Waals surface area contributed by atoms with Crippen molar-refractivity contribution >= 4 is 17.8 Å². The number of aromatic nitrogens is 2. The van der Waals surface area contributed by atoms with Gasteiger partial charge in [0, 0.05) is 13.6 Å². The number of hydrogen-bond donors (Lipinski definition) is 2. The molecule has 0 saturated carbocycles. The molecule has 2 aromatic carbocycles. The molecular formula is C22H24N4O3. The third-order valence-corrected chi connectivity index (χ3v) is 4.35. The van der Waals surface area contributed by atoms with E-state index in [1.807, 2.05) is 67.7 Å². The topological polar surface area (TPSA) is 85.2 Å². The van der Waals surface area contributed by atoms with Crippen molar-refractivity contribution in [3.8, 4) is 11.3 Å². The number of benzene rings is 2. The normalized spacial score (nSPS) is 10.5. The van der Waals surface area contributed by atoms with Crippen LogP contribution in [0.1, 0.15) is 5.56 Å². The van der Waals surface area contributed by atoms with E-state index in [1.54, 1.807) is 10.8 Å². The van der Waals surface area contributed by atoms with Crippen LogP contribution in [0.25, 0.3) is 11.3 Å². The van der Waals surface area contributed by atoms with Gasteiger partial charge in [-0.15, -0.1) is 0 Å². The molecule has 3 aromatic rings. The van der Waals surface area contributed by atoms with Gasteiger partial charge in [-0.05, 0) is 17.5 Å². The van der Waals surface area contributed by atoms with Crippen LogP contribution >= 0.6 is 0 Å². The molecule has 29 heavy (non-hydrogen) atoms. The van der Waals surface area contributed by atoms with Crippen LogP contribution in [0.2, 0.25) is 0 Å². The second kappa shape index (κ2) is 10.2. The summed E-state index contributed by atoms with van der Waals surface area (Å²) in [5.41, 5.74) is 3.05. The number of anilines is 1. The van der Waals surface area contributed by atoms with Crippen LogP contribution < -0.4 is 10.6 Å². The molecular weight excluding hydrogens is 368 g/mol. The van der Waals surface area contributed by atoms with Crippen LogP contribution in [0.4, 0.5) is 5.95 Å². The zero-order valence-electron chi connectivity index (χ0n) is 16.3. The van der Waals surface area contributed by atoms with Gasteiger partial charge in [0.25, 0.3) is 5.91 Å². The Labute approximate surface area is 169 Å². The number of carbonyl (C=O) groups excluding carboxylic acids is 2. The summed E-state index contributed by atoms with van der Waals surface area (Å²) in [6.07, 6.45) is 2.45. The summed E-state index contributed by atoms with van der Waals surface area (Å²) in [5, 5.41) is 5.47. The fraction of sp³-hybridized carbons (Fsp3) is 0.227. The Morgan fingerprint density at radius 3 is 2.34 bits per heavy atom. The van der Waals surface area contributed by atoms with E-state index in [1.165, 1.54) is 0 Å². The monoisotopic (exact) mass is 392 g/mol. The first-order valence-corrected chi connectivity index (χ1v) is 9.39. The number of imidazole rings is 1. The molecule has 0 fully saturated rings. The Bertz CT molecular complexity index is 939. The van der Waals surface area contributed by atoms with Gasteiger partial charge in [-0.1, -0.05) is 60.7 Å². The molecule has 0 aliphatic carbocycles. The van der Waals surface area contributed by atoms with Crippen LogP contribution in [0.5, 0.6) is 0 Å². The molecule has 0 unspecified atom stereocenters. The molecule has 2 N–H and O–H groups in total. The molecule has 3 rings (SSSR count). The van der Waals surface area contributed by atoms with E-state index in [0.29, 0.717) is 12.5 Å². The highest BCUT2D eigenvalue weighted by atomic mass is 16.5. The van der Waals surface area contributed by atoms with E-state index >= 15 is 0 Å². The maximum Gasteiger partial charge on any atom is 0.252 e. The van der Waals surface area contributed by atoms with Gasteiger partial charge in [-0.3, -0.25) is 14.9 Å². The Morgan fingerprint density at radius 2 is 1.62 bits per heavy atom. The second-order valence-electron chi connectivity index (χ2n) is 6.52. The van der Waals surface area contributed by atoms with E-state index in [4.69, 9.17) is 4.74 Å². The van der Waals surface area contributed by atoms with Crippen LogP contribution in [0.3, 0.4) is 0 Å². The summed E-state index contributed by atoms with van der Waals surface area (Å²) in [6, 6.07) is 19.7. The summed E-state index contributed by atoms with van der Waals surface area (Å²) < 4.78 is 7.00. The molecule has 1 aromatic heterocycles. The molecule has 0 aliphatic rings. The Morgan fingerprint density at radius 1 is 0.966 bits per heavy atom. The van der Waals surface area contributed by atoms with Gasteiger partial charge in [0.1, 0.15) is 13.2 Å². The zero-order chi connectivity index (χ0) is 20.5. The van der Waals surface area contributed by atoms with Gasteiger partial charge < -0.3 is 14.6 Å². The highest BCUT2D eigenvalue weighted by Gasteiger charge is 2.12. The van der Waals surface area contributed by atoms with Gasteiger partial charge in [0.05, 0.1) is 11.9 Å². The molecule has 0 spiro atoms. The van der Waals surface area contributed by atoms with Gasteiger partial charge in [0.15, 0.2) is 0 Å². The van der Waals surface area contributed by atoms with Crippen LogP contribution in [0.15, 0.2) is 66.9 Å². The van der Waals surface area contributed by atoms with Gasteiger partial charge in [0.2, 0.25) is 11.9 Å². The lowest BCUT2D eigenvalue weighted by atomic mass is 10.1. The smallest absolute Gasteiger partial charge is 0.252 e. The molecule has 0 aliphatic heterocycles. The van der Waals surface area contributed by atoms with Crippen molar-refractivity contribution in [1.82, 2.24) is 14.9 Å². The lowest BCUT2D eigenvalue weighted by Gasteiger charge is -2.08. The quantitative estimate of drug-likeness (QED) is 0.586. The Hall–Kier alpha value is -3.45. The van der Waals surface area contributed by atoms with Gasteiger partial charge >= 0.3 is 0 Å². The van der Waals surface area contributed by atoms with E-state index < -0.39 is 0 Å². The molecule has 0 atom stereocenters. The molecule has 7 heteroatoms. The molecule has 7 nitrogen and oxygen atoms in total. The minimum Gasteiger partial charge on any atom is -0.362 e. The first kappa shape index (κ1) is 20.3. The van der Waals surface area contributed by atoms with Crippen molar-refractivity contribution < 1.29 is 14.3 Å². The Balaban J connectivity index is 1.38. The second-order valence-corrected chi connectivity index (χ2v) is 6.52. The zero-order valence-corrected chi connectivity index (χ0v) is 16.3. The number of nitrogens with one attached hydrogen (secondary N) is 2. The largest absolute Gasteiger partial charge is 0.362 e. The van der Waals surface area contributed by atoms with Crippen LogP contribution in [0, 0.1) is 0 Å². The molecule has 150 valence electrons. The van der Waals surface area contributed by atoms with Crippen LogP contribution in [-0.4, -0.2) is 41.1 Å². The third-order valence-electron chi connectivity index (χ3n) is 4.35. The molecule has 0 bridgehead atoms. The summed E-state index contributed by atoms with van der Waals surface area (Å²) >= 11 is 0. The lowest BCUT2D eigenvalue weighted by molar-refractivity contribution is -0.128. The minimum atomic E-state index is -0.365.